The van der Waals surface area contributed by atoms with Gasteiger partial charge in [-0.3, -0.25) is 0 Å². The molecule has 0 fully saturated rings. The van der Waals surface area contributed by atoms with Crippen molar-refractivity contribution in [2.45, 2.75) is 45.6 Å². The molecule has 2 aromatic rings. The third-order valence-corrected chi connectivity index (χ3v) is 5.29. The number of rotatable bonds is 3. The molecule has 27 heavy (non-hydrogen) atoms. The maximum absolute atomic E-state index is 12.0. The van der Waals surface area contributed by atoms with Gasteiger partial charge in [-0.25, -0.2) is 4.79 Å². The van der Waals surface area contributed by atoms with Crippen LogP contribution in [0.15, 0.2) is 46.9 Å². The van der Waals surface area contributed by atoms with Crippen LogP contribution in [0.2, 0.25) is 0 Å². The molecular formula is C22H27BrN2O2. The molecule has 3 rings (SSSR count). The van der Waals surface area contributed by atoms with E-state index < -0.39 is 5.60 Å². The number of hydrogen-bond donors (Lipinski definition) is 1. The zero-order valence-electron chi connectivity index (χ0n) is 16.6. The minimum absolute atomic E-state index is 0.0925. The van der Waals surface area contributed by atoms with E-state index in [0.717, 1.165) is 4.47 Å². The smallest absolute Gasteiger partial charge is 0.407 e. The van der Waals surface area contributed by atoms with Crippen molar-refractivity contribution in [2.24, 2.45) is 0 Å². The lowest BCUT2D eigenvalue weighted by atomic mass is 9.73. The Kier molecular flexibility index (Phi) is 5.26. The zero-order valence-corrected chi connectivity index (χ0v) is 18.2. The molecule has 0 aliphatic carbocycles. The number of carbonyl (C=O) groups excluding carboxylic acids is 1. The van der Waals surface area contributed by atoms with E-state index in [1.54, 1.807) is 0 Å². The molecule has 0 saturated carbocycles. The molecule has 0 spiro atoms. The molecule has 4 nitrogen and oxygen atoms in total. The Morgan fingerprint density at radius 3 is 2.48 bits per heavy atom. The van der Waals surface area contributed by atoms with Gasteiger partial charge in [-0.1, -0.05) is 48.0 Å². The molecule has 1 N–H and O–H groups in total. The number of carbonyl (C=O) groups is 1. The minimum atomic E-state index is -0.495. The van der Waals surface area contributed by atoms with Crippen LogP contribution in [0.4, 0.5) is 16.2 Å². The highest BCUT2D eigenvalue weighted by atomic mass is 79.9. The van der Waals surface area contributed by atoms with Gasteiger partial charge >= 0.3 is 6.09 Å². The van der Waals surface area contributed by atoms with Gasteiger partial charge in [0, 0.05) is 34.4 Å². The first-order chi connectivity index (χ1) is 12.6. The van der Waals surface area contributed by atoms with Crippen LogP contribution in [0, 0.1) is 0 Å². The van der Waals surface area contributed by atoms with Gasteiger partial charge in [0.2, 0.25) is 0 Å². The normalized spacial score (nSPS) is 15.0. The molecule has 0 atom stereocenters. The van der Waals surface area contributed by atoms with E-state index in [0.29, 0.717) is 13.1 Å². The first-order valence-corrected chi connectivity index (χ1v) is 10.0. The van der Waals surface area contributed by atoms with Crippen molar-refractivity contribution in [3.05, 3.63) is 58.1 Å². The third-order valence-electron chi connectivity index (χ3n) is 4.79. The van der Waals surface area contributed by atoms with Crippen LogP contribution in [-0.2, 0) is 10.2 Å². The number of ether oxygens (including phenoxy) is 1. The molecule has 1 aliphatic heterocycles. The van der Waals surface area contributed by atoms with Crippen LogP contribution in [0.5, 0.6) is 0 Å². The van der Waals surface area contributed by atoms with Crippen molar-refractivity contribution in [1.82, 2.24) is 5.32 Å². The second-order valence-corrected chi connectivity index (χ2v) is 9.30. The lowest BCUT2D eigenvalue weighted by Crippen LogP contribution is -2.39. The monoisotopic (exact) mass is 430 g/mol. The number of nitrogens with one attached hydrogen (secondary N) is 1. The minimum Gasteiger partial charge on any atom is -0.444 e. The van der Waals surface area contributed by atoms with E-state index >= 15 is 0 Å². The molecule has 5 heteroatoms. The van der Waals surface area contributed by atoms with E-state index in [1.165, 1.54) is 22.5 Å². The summed E-state index contributed by atoms with van der Waals surface area (Å²) < 4.78 is 6.41. The highest BCUT2D eigenvalue weighted by Crippen LogP contribution is 2.49. The summed E-state index contributed by atoms with van der Waals surface area (Å²) in [7, 11) is 0. The second-order valence-electron chi connectivity index (χ2n) is 8.38. The molecule has 0 unspecified atom stereocenters. The summed E-state index contributed by atoms with van der Waals surface area (Å²) in [6.45, 7) is 11.3. The van der Waals surface area contributed by atoms with Gasteiger partial charge in [0.05, 0.1) is 0 Å². The fourth-order valence-corrected chi connectivity index (χ4v) is 3.94. The van der Waals surface area contributed by atoms with Crippen molar-refractivity contribution in [3.8, 4) is 0 Å². The topological polar surface area (TPSA) is 41.6 Å². The van der Waals surface area contributed by atoms with E-state index in [-0.39, 0.29) is 11.5 Å². The Bertz CT molecular complexity index is 856. The Hall–Kier alpha value is -2.01. The third kappa shape index (κ3) is 4.13. The first kappa shape index (κ1) is 19.7. The van der Waals surface area contributed by atoms with Crippen molar-refractivity contribution >= 4 is 33.4 Å². The van der Waals surface area contributed by atoms with Gasteiger partial charge in [0.1, 0.15) is 5.60 Å². The quantitative estimate of drug-likeness (QED) is 0.673. The number of alkyl carbamates (subject to hydrolysis) is 1. The Morgan fingerprint density at radius 2 is 1.78 bits per heavy atom. The molecule has 0 bridgehead atoms. The number of benzene rings is 2. The van der Waals surface area contributed by atoms with Gasteiger partial charge in [-0.2, -0.15) is 0 Å². The highest BCUT2D eigenvalue weighted by molar-refractivity contribution is 9.10. The van der Waals surface area contributed by atoms with E-state index in [2.05, 4.69) is 82.5 Å². The summed E-state index contributed by atoms with van der Waals surface area (Å²) in [4.78, 5) is 14.3. The average Bonchev–Trinajstić information content (AvgIpc) is 2.57. The fraction of sp³-hybridized carbons (Fsp3) is 0.409. The lowest BCUT2D eigenvalue weighted by molar-refractivity contribution is 0.0529. The number of anilines is 2. The molecule has 2 aromatic carbocycles. The molecular weight excluding hydrogens is 404 g/mol. The summed E-state index contributed by atoms with van der Waals surface area (Å²) in [5, 5.41) is 2.87. The maximum Gasteiger partial charge on any atom is 0.407 e. The van der Waals surface area contributed by atoms with Crippen LogP contribution >= 0.6 is 15.9 Å². The number of halogens is 1. The Morgan fingerprint density at radius 1 is 1.11 bits per heavy atom. The number of nitrogens with zero attached hydrogens (tertiary/aromatic N) is 1. The predicted molar refractivity (Wildman–Crippen MR) is 114 cm³/mol. The van der Waals surface area contributed by atoms with Crippen LogP contribution < -0.4 is 10.2 Å². The lowest BCUT2D eigenvalue weighted by Gasteiger charge is -2.42. The summed E-state index contributed by atoms with van der Waals surface area (Å²) >= 11 is 3.61. The van der Waals surface area contributed by atoms with Gasteiger partial charge in [0.25, 0.3) is 0 Å². The van der Waals surface area contributed by atoms with Crippen molar-refractivity contribution in [2.75, 3.05) is 18.0 Å². The fourth-order valence-electron chi connectivity index (χ4n) is 3.58. The maximum atomic E-state index is 12.0. The molecule has 0 radical (unpaired) electrons. The zero-order chi connectivity index (χ0) is 19.8. The second kappa shape index (κ2) is 7.19. The largest absolute Gasteiger partial charge is 0.444 e. The van der Waals surface area contributed by atoms with Gasteiger partial charge < -0.3 is 15.0 Å². The highest BCUT2D eigenvalue weighted by Gasteiger charge is 2.36. The van der Waals surface area contributed by atoms with Crippen molar-refractivity contribution < 1.29 is 9.53 Å². The molecule has 0 saturated heterocycles. The molecule has 1 heterocycles. The van der Waals surface area contributed by atoms with Crippen molar-refractivity contribution in [1.29, 1.82) is 0 Å². The Labute approximate surface area is 170 Å². The van der Waals surface area contributed by atoms with Crippen LogP contribution in [0.25, 0.3) is 0 Å². The van der Waals surface area contributed by atoms with E-state index in [9.17, 15) is 4.79 Å². The van der Waals surface area contributed by atoms with Gasteiger partial charge in [-0.05, 0) is 56.2 Å². The van der Waals surface area contributed by atoms with Gasteiger partial charge in [0.15, 0.2) is 0 Å². The molecule has 1 amide bonds. The SMILES string of the molecule is CC(C)(C)OC(=O)NCCN1c2ccccc2C(C)(C)c2cc(Br)ccc21. The molecule has 144 valence electrons. The number of para-hydroxylation sites is 1. The summed E-state index contributed by atoms with van der Waals surface area (Å²) in [6, 6.07) is 14.9. The Balaban J connectivity index is 1.87. The van der Waals surface area contributed by atoms with E-state index in [4.69, 9.17) is 4.74 Å². The standard InChI is InChI=1S/C22H27BrN2O2/c1-21(2,3)27-20(26)24-12-13-25-18-9-7-6-8-16(18)22(4,5)17-14-15(23)10-11-19(17)25/h6-11,14H,12-13H2,1-5H3,(H,24,26). The van der Waals surface area contributed by atoms with Crippen LogP contribution in [0.1, 0.15) is 45.7 Å². The van der Waals surface area contributed by atoms with Gasteiger partial charge in [-0.15, -0.1) is 0 Å². The number of amides is 1. The van der Waals surface area contributed by atoms with Crippen LogP contribution in [0.3, 0.4) is 0 Å². The summed E-state index contributed by atoms with van der Waals surface area (Å²) in [5.74, 6) is 0. The van der Waals surface area contributed by atoms with Crippen LogP contribution in [-0.4, -0.2) is 24.8 Å². The first-order valence-electron chi connectivity index (χ1n) is 9.23. The number of hydrogen-bond acceptors (Lipinski definition) is 3. The molecule has 1 aliphatic rings. The van der Waals surface area contributed by atoms with Crippen molar-refractivity contribution in [3.63, 3.8) is 0 Å². The summed E-state index contributed by atoms with van der Waals surface area (Å²) in [6.07, 6.45) is -0.385. The van der Waals surface area contributed by atoms with E-state index in [1.807, 2.05) is 20.8 Å². The molecule has 0 aromatic heterocycles. The average molecular weight is 431 g/mol. The predicted octanol–water partition coefficient (Wildman–Crippen LogP) is 5.75. The number of fused-ring (bicyclic) bond motifs is 2. The summed E-state index contributed by atoms with van der Waals surface area (Å²) in [5.41, 5.74) is 4.33.